The molecule has 0 saturated carbocycles. The summed E-state index contributed by atoms with van der Waals surface area (Å²) >= 11 is 12.1. The Hall–Kier alpha value is -4.65. The SMILES string of the molecule is O=C(N/N=C/c1c(OC(=O)c2ccccc2Cl)ccc2ccccc12)c1ccc(OCc2ccc(Cl)cc2)cc1. The normalized spacial score (nSPS) is 10.9. The first-order valence-electron chi connectivity index (χ1n) is 12.3. The number of esters is 1. The molecule has 1 amide bonds. The third kappa shape index (κ3) is 6.49. The Balaban J connectivity index is 1.29. The second kappa shape index (κ2) is 12.5. The van der Waals surface area contributed by atoms with E-state index in [9.17, 15) is 9.59 Å². The first-order valence-corrected chi connectivity index (χ1v) is 13.0. The van der Waals surface area contributed by atoms with Crippen LogP contribution in [0.3, 0.4) is 0 Å². The Labute approximate surface area is 240 Å². The Morgan fingerprint density at radius 1 is 0.800 bits per heavy atom. The minimum atomic E-state index is -0.599. The molecular formula is C32H22Cl2N2O4. The maximum atomic E-state index is 12.8. The molecule has 0 radical (unpaired) electrons. The number of hydrogen-bond acceptors (Lipinski definition) is 5. The molecule has 5 rings (SSSR count). The highest BCUT2D eigenvalue weighted by Gasteiger charge is 2.16. The summed E-state index contributed by atoms with van der Waals surface area (Å²) in [4.78, 5) is 25.5. The van der Waals surface area contributed by atoms with Crippen LogP contribution in [0.15, 0.2) is 114 Å². The molecule has 0 unspecified atom stereocenters. The number of hydrazone groups is 1. The number of fused-ring (bicyclic) bond motifs is 1. The largest absolute Gasteiger partial charge is 0.489 e. The molecule has 0 aliphatic carbocycles. The summed E-state index contributed by atoms with van der Waals surface area (Å²) in [6, 6.07) is 31.9. The quantitative estimate of drug-likeness (QED) is 0.0899. The van der Waals surface area contributed by atoms with E-state index in [2.05, 4.69) is 10.5 Å². The van der Waals surface area contributed by atoms with Crippen molar-refractivity contribution in [3.8, 4) is 11.5 Å². The van der Waals surface area contributed by atoms with Crippen molar-refractivity contribution in [1.29, 1.82) is 0 Å². The number of nitrogens with one attached hydrogen (secondary N) is 1. The van der Waals surface area contributed by atoms with Crippen molar-refractivity contribution in [2.75, 3.05) is 0 Å². The summed E-state index contributed by atoms with van der Waals surface area (Å²) in [6.07, 6.45) is 1.46. The second-order valence-corrected chi connectivity index (χ2v) is 9.55. The van der Waals surface area contributed by atoms with Crippen LogP contribution in [0.4, 0.5) is 0 Å². The molecule has 1 N–H and O–H groups in total. The van der Waals surface area contributed by atoms with E-state index in [0.29, 0.717) is 28.5 Å². The average molecular weight is 569 g/mol. The topological polar surface area (TPSA) is 77.0 Å². The van der Waals surface area contributed by atoms with Gasteiger partial charge in [0, 0.05) is 16.1 Å². The number of nitrogens with zero attached hydrogens (tertiary/aromatic N) is 1. The molecule has 40 heavy (non-hydrogen) atoms. The number of ether oxygens (including phenoxy) is 2. The zero-order valence-corrected chi connectivity index (χ0v) is 22.5. The third-order valence-electron chi connectivity index (χ3n) is 6.02. The predicted octanol–water partition coefficient (Wildman–Crippen LogP) is 7.71. The molecule has 5 aromatic carbocycles. The Morgan fingerprint density at radius 3 is 2.30 bits per heavy atom. The summed E-state index contributed by atoms with van der Waals surface area (Å²) in [5.74, 6) is -0.104. The van der Waals surface area contributed by atoms with Gasteiger partial charge in [-0.05, 0) is 70.9 Å². The number of amides is 1. The van der Waals surface area contributed by atoms with E-state index >= 15 is 0 Å². The molecule has 0 atom stereocenters. The van der Waals surface area contributed by atoms with Gasteiger partial charge in [-0.1, -0.05) is 77.8 Å². The van der Waals surface area contributed by atoms with Gasteiger partial charge in [0.2, 0.25) is 0 Å². The van der Waals surface area contributed by atoms with Crippen LogP contribution in [-0.4, -0.2) is 18.1 Å². The van der Waals surface area contributed by atoms with Gasteiger partial charge in [0.15, 0.2) is 0 Å². The summed E-state index contributed by atoms with van der Waals surface area (Å²) in [5.41, 5.74) is 4.69. The fourth-order valence-corrected chi connectivity index (χ4v) is 4.29. The van der Waals surface area contributed by atoms with E-state index in [1.165, 1.54) is 6.21 Å². The van der Waals surface area contributed by atoms with E-state index in [-0.39, 0.29) is 16.3 Å². The Kier molecular flexibility index (Phi) is 8.40. The number of carbonyl (C=O) groups excluding carboxylic acids is 2. The summed E-state index contributed by atoms with van der Waals surface area (Å²) in [7, 11) is 0. The first kappa shape index (κ1) is 26.9. The van der Waals surface area contributed by atoms with E-state index in [1.54, 1.807) is 66.7 Å². The molecule has 8 heteroatoms. The van der Waals surface area contributed by atoms with Gasteiger partial charge in [0.1, 0.15) is 18.1 Å². The number of hydrogen-bond donors (Lipinski definition) is 1. The van der Waals surface area contributed by atoms with E-state index < -0.39 is 11.9 Å². The van der Waals surface area contributed by atoms with Crippen molar-refractivity contribution >= 4 is 52.1 Å². The number of benzene rings is 5. The average Bonchev–Trinajstić information content (AvgIpc) is 2.98. The van der Waals surface area contributed by atoms with Gasteiger partial charge in [-0.25, -0.2) is 10.2 Å². The molecule has 6 nitrogen and oxygen atoms in total. The third-order valence-corrected chi connectivity index (χ3v) is 6.60. The lowest BCUT2D eigenvalue weighted by Crippen LogP contribution is -2.17. The zero-order valence-electron chi connectivity index (χ0n) is 21.0. The van der Waals surface area contributed by atoms with Crippen LogP contribution in [-0.2, 0) is 6.61 Å². The minimum absolute atomic E-state index is 0.245. The van der Waals surface area contributed by atoms with Gasteiger partial charge in [0.25, 0.3) is 5.91 Å². The molecule has 0 spiro atoms. The van der Waals surface area contributed by atoms with Crippen LogP contribution < -0.4 is 14.9 Å². The lowest BCUT2D eigenvalue weighted by molar-refractivity contribution is 0.0734. The highest BCUT2D eigenvalue weighted by molar-refractivity contribution is 6.33. The van der Waals surface area contributed by atoms with Crippen molar-refractivity contribution in [1.82, 2.24) is 5.43 Å². The van der Waals surface area contributed by atoms with E-state index in [0.717, 1.165) is 16.3 Å². The van der Waals surface area contributed by atoms with E-state index in [4.69, 9.17) is 32.7 Å². The van der Waals surface area contributed by atoms with Gasteiger partial charge >= 0.3 is 5.97 Å². The maximum Gasteiger partial charge on any atom is 0.345 e. The highest BCUT2D eigenvalue weighted by atomic mass is 35.5. The Morgan fingerprint density at radius 2 is 1.52 bits per heavy atom. The van der Waals surface area contributed by atoms with Gasteiger partial charge < -0.3 is 9.47 Å². The molecule has 0 heterocycles. The Bertz CT molecular complexity index is 1700. The van der Waals surface area contributed by atoms with Crippen molar-refractivity contribution in [2.24, 2.45) is 5.10 Å². The zero-order chi connectivity index (χ0) is 27.9. The van der Waals surface area contributed by atoms with E-state index in [1.807, 2.05) is 42.5 Å². The van der Waals surface area contributed by atoms with Crippen LogP contribution in [0, 0.1) is 0 Å². The van der Waals surface area contributed by atoms with Gasteiger partial charge in [0.05, 0.1) is 16.8 Å². The minimum Gasteiger partial charge on any atom is -0.489 e. The fraction of sp³-hybridized carbons (Fsp3) is 0.0312. The molecule has 5 aromatic rings. The summed E-state index contributed by atoms with van der Waals surface area (Å²) < 4.78 is 11.5. The van der Waals surface area contributed by atoms with Gasteiger partial charge in [-0.3, -0.25) is 4.79 Å². The molecule has 198 valence electrons. The van der Waals surface area contributed by atoms with Crippen molar-refractivity contribution in [3.63, 3.8) is 0 Å². The van der Waals surface area contributed by atoms with Gasteiger partial charge in [-0.15, -0.1) is 0 Å². The van der Waals surface area contributed by atoms with Crippen molar-refractivity contribution < 1.29 is 19.1 Å². The highest BCUT2D eigenvalue weighted by Crippen LogP contribution is 2.28. The van der Waals surface area contributed by atoms with Crippen LogP contribution >= 0.6 is 23.2 Å². The first-order chi connectivity index (χ1) is 19.5. The van der Waals surface area contributed by atoms with Crippen LogP contribution in [0.5, 0.6) is 11.5 Å². The van der Waals surface area contributed by atoms with Crippen LogP contribution in [0.25, 0.3) is 10.8 Å². The van der Waals surface area contributed by atoms with Crippen molar-refractivity contribution in [2.45, 2.75) is 6.61 Å². The monoisotopic (exact) mass is 568 g/mol. The molecule has 0 aliphatic heterocycles. The smallest absolute Gasteiger partial charge is 0.345 e. The van der Waals surface area contributed by atoms with Gasteiger partial charge in [-0.2, -0.15) is 5.10 Å². The lowest BCUT2D eigenvalue weighted by atomic mass is 10.0. The fourth-order valence-electron chi connectivity index (χ4n) is 3.95. The molecule has 0 fully saturated rings. The molecule has 0 saturated heterocycles. The lowest BCUT2D eigenvalue weighted by Gasteiger charge is -2.11. The second-order valence-electron chi connectivity index (χ2n) is 8.71. The maximum absolute atomic E-state index is 12.8. The van der Waals surface area contributed by atoms with Crippen LogP contribution in [0.1, 0.15) is 31.8 Å². The number of halogens is 2. The molecule has 0 bridgehead atoms. The number of carbonyl (C=O) groups is 2. The number of rotatable bonds is 8. The van der Waals surface area contributed by atoms with Crippen molar-refractivity contribution in [3.05, 3.63) is 141 Å². The summed E-state index contributed by atoms with van der Waals surface area (Å²) in [5, 5.41) is 6.82. The standard InChI is InChI=1S/C32H22Cl2N2O4/c33-24-14-9-21(10-15-24)20-39-25-16-11-23(12-17-25)31(37)36-35-19-28-26-6-2-1-5-22(26)13-18-30(28)40-32(38)27-7-3-4-8-29(27)34/h1-19H,20H2,(H,36,37)/b35-19+. The molecule has 0 aromatic heterocycles. The molecular weight excluding hydrogens is 547 g/mol. The predicted molar refractivity (Wildman–Crippen MR) is 158 cm³/mol. The molecule has 0 aliphatic rings. The van der Waals surface area contributed by atoms with Crippen LogP contribution in [0.2, 0.25) is 10.0 Å². The summed E-state index contributed by atoms with van der Waals surface area (Å²) in [6.45, 7) is 0.376.